The molecule has 2 aromatic heterocycles. The van der Waals surface area contributed by atoms with Gasteiger partial charge in [-0.15, -0.1) is 0 Å². The minimum atomic E-state index is -1.02. The molecule has 0 fully saturated rings. The Hall–Kier alpha value is -2.70. The van der Waals surface area contributed by atoms with Crippen LogP contribution in [-0.2, 0) is 11.3 Å². The molecule has 0 unspecified atom stereocenters. The molecular formula is C13H14N4O3. The van der Waals surface area contributed by atoms with Crippen LogP contribution < -0.4 is 4.74 Å². The number of carbonyl (C=O) groups is 1. The van der Waals surface area contributed by atoms with Crippen LogP contribution in [0.2, 0.25) is 0 Å². The highest BCUT2D eigenvalue weighted by Crippen LogP contribution is 2.16. The first-order chi connectivity index (χ1) is 9.67. The van der Waals surface area contributed by atoms with E-state index in [-0.39, 0.29) is 6.01 Å². The van der Waals surface area contributed by atoms with Crippen molar-refractivity contribution in [3.63, 3.8) is 0 Å². The van der Waals surface area contributed by atoms with E-state index in [2.05, 4.69) is 22.0 Å². The van der Waals surface area contributed by atoms with Gasteiger partial charge < -0.3 is 9.84 Å². The zero-order valence-electron chi connectivity index (χ0n) is 10.9. The van der Waals surface area contributed by atoms with E-state index in [0.29, 0.717) is 11.3 Å². The lowest BCUT2D eigenvalue weighted by molar-refractivity contribution is -0.131. The standard InChI is InChI=1S/C13H14N4O3/c1-2-5-17-9-11(8-16-17)20-13-14-6-10(7-15-13)3-4-12(18)19/h3-4,6-9H,2,5H2,1H3,(H,18,19)/b4-3+. The van der Waals surface area contributed by atoms with Gasteiger partial charge in [-0.25, -0.2) is 14.8 Å². The zero-order valence-corrected chi connectivity index (χ0v) is 10.9. The number of nitrogens with zero attached hydrogens (tertiary/aromatic N) is 4. The van der Waals surface area contributed by atoms with Crippen LogP contribution in [-0.4, -0.2) is 30.8 Å². The molecule has 7 heteroatoms. The molecule has 20 heavy (non-hydrogen) atoms. The third-order valence-corrected chi connectivity index (χ3v) is 2.34. The summed E-state index contributed by atoms with van der Waals surface area (Å²) in [5, 5.41) is 12.6. The highest BCUT2D eigenvalue weighted by Gasteiger charge is 2.03. The van der Waals surface area contributed by atoms with Crippen LogP contribution in [0.15, 0.2) is 30.9 Å². The molecule has 0 aliphatic heterocycles. The van der Waals surface area contributed by atoms with E-state index in [1.807, 2.05) is 0 Å². The largest absolute Gasteiger partial charge is 0.478 e. The van der Waals surface area contributed by atoms with Crippen molar-refractivity contribution in [2.75, 3.05) is 0 Å². The summed E-state index contributed by atoms with van der Waals surface area (Å²) < 4.78 is 7.22. The molecule has 0 saturated carbocycles. The molecule has 0 radical (unpaired) electrons. The SMILES string of the molecule is CCCn1cc(Oc2ncc(/C=C/C(=O)O)cn2)cn1. The molecule has 0 atom stereocenters. The number of aliphatic carboxylic acids is 1. The molecule has 0 aliphatic carbocycles. The van der Waals surface area contributed by atoms with E-state index < -0.39 is 5.97 Å². The smallest absolute Gasteiger partial charge is 0.328 e. The predicted octanol–water partition coefficient (Wildman–Crippen LogP) is 1.97. The number of rotatable bonds is 6. The summed E-state index contributed by atoms with van der Waals surface area (Å²) in [5.74, 6) is -0.457. The number of hydrogen-bond acceptors (Lipinski definition) is 5. The van der Waals surface area contributed by atoms with Gasteiger partial charge in [0.25, 0.3) is 0 Å². The molecule has 0 aliphatic rings. The number of ether oxygens (including phenoxy) is 1. The number of aromatic nitrogens is 4. The third-order valence-electron chi connectivity index (χ3n) is 2.34. The zero-order chi connectivity index (χ0) is 14.4. The Balaban J connectivity index is 2.00. The fourth-order valence-corrected chi connectivity index (χ4v) is 1.49. The van der Waals surface area contributed by atoms with E-state index in [4.69, 9.17) is 9.84 Å². The van der Waals surface area contributed by atoms with Gasteiger partial charge in [-0.1, -0.05) is 6.92 Å². The summed E-state index contributed by atoms with van der Waals surface area (Å²) >= 11 is 0. The molecule has 2 rings (SSSR count). The molecule has 7 nitrogen and oxygen atoms in total. The number of hydrogen-bond donors (Lipinski definition) is 1. The Morgan fingerprint density at radius 3 is 2.80 bits per heavy atom. The summed E-state index contributed by atoms with van der Waals surface area (Å²) in [6.45, 7) is 2.89. The molecule has 0 bridgehead atoms. The summed E-state index contributed by atoms with van der Waals surface area (Å²) in [4.78, 5) is 18.4. The second-order valence-electron chi connectivity index (χ2n) is 4.01. The van der Waals surface area contributed by atoms with Gasteiger partial charge in [0.15, 0.2) is 5.75 Å². The molecule has 0 amide bonds. The van der Waals surface area contributed by atoms with Crippen LogP contribution in [0, 0.1) is 0 Å². The summed E-state index contributed by atoms with van der Waals surface area (Å²) in [5.41, 5.74) is 0.585. The van der Waals surface area contributed by atoms with Crippen molar-refractivity contribution in [2.45, 2.75) is 19.9 Å². The normalized spacial score (nSPS) is 10.8. The maximum absolute atomic E-state index is 10.4. The average Bonchev–Trinajstić information content (AvgIpc) is 2.86. The lowest BCUT2D eigenvalue weighted by Gasteiger charge is -2.00. The Bertz CT molecular complexity index is 604. The molecule has 1 N–H and O–H groups in total. The van der Waals surface area contributed by atoms with Crippen molar-refractivity contribution in [1.82, 2.24) is 19.7 Å². The van der Waals surface area contributed by atoms with E-state index in [1.165, 1.54) is 18.5 Å². The van der Waals surface area contributed by atoms with Crippen molar-refractivity contribution in [1.29, 1.82) is 0 Å². The first kappa shape index (κ1) is 13.7. The Kier molecular flexibility index (Phi) is 4.43. The lowest BCUT2D eigenvalue weighted by atomic mass is 10.3. The van der Waals surface area contributed by atoms with Crippen molar-refractivity contribution in [3.8, 4) is 11.8 Å². The van der Waals surface area contributed by atoms with Crippen LogP contribution in [0.25, 0.3) is 6.08 Å². The molecule has 104 valence electrons. The van der Waals surface area contributed by atoms with Crippen molar-refractivity contribution in [2.24, 2.45) is 0 Å². The van der Waals surface area contributed by atoms with Crippen LogP contribution in [0.4, 0.5) is 0 Å². The van der Waals surface area contributed by atoms with Crippen LogP contribution in [0.1, 0.15) is 18.9 Å². The fraction of sp³-hybridized carbons (Fsp3) is 0.231. The van der Waals surface area contributed by atoms with Gasteiger partial charge in [0.2, 0.25) is 0 Å². The van der Waals surface area contributed by atoms with Crippen LogP contribution in [0.5, 0.6) is 11.8 Å². The molecule has 0 aromatic carbocycles. The Labute approximate surface area is 115 Å². The highest BCUT2D eigenvalue weighted by atomic mass is 16.5. The second-order valence-corrected chi connectivity index (χ2v) is 4.01. The topological polar surface area (TPSA) is 90.1 Å². The minimum Gasteiger partial charge on any atom is -0.478 e. The predicted molar refractivity (Wildman–Crippen MR) is 71.3 cm³/mol. The summed E-state index contributed by atoms with van der Waals surface area (Å²) in [6, 6.07) is 0.188. The first-order valence-electron chi connectivity index (χ1n) is 6.10. The Morgan fingerprint density at radius 1 is 1.40 bits per heavy atom. The summed E-state index contributed by atoms with van der Waals surface area (Å²) in [6.07, 6.45) is 9.75. The maximum Gasteiger partial charge on any atom is 0.328 e. The first-order valence-corrected chi connectivity index (χ1v) is 6.10. The molecule has 2 aromatic rings. The third kappa shape index (κ3) is 3.91. The van der Waals surface area contributed by atoms with Crippen molar-refractivity contribution in [3.05, 3.63) is 36.4 Å². The van der Waals surface area contributed by atoms with Crippen LogP contribution >= 0.6 is 0 Å². The quantitative estimate of drug-likeness (QED) is 0.810. The minimum absolute atomic E-state index is 0.188. The van der Waals surface area contributed by atoms with E-state index in [0.717, 1.165) is 19.0 Å². The van der Waals surface area contributed by atoms with Gasteiger partial charge in [0.05, 0.1) is 12.4 Å². The molecule has 0 spiro atoms. The number of carboxylic acid groups (broad SMARTS) is 1. The van der Waals surface area contributed by atoms with Gasteiger partial charge in [-0.05, 0) is 12.5 Å². The van der Waals surface area contributed by atoms with Gasteiger partial charge in [0, 0.05) is 30.6 Å². The van der Waals surface area contributed by atoms with Gasteiger partial charge in [-0.2, -0.15) is 5.10 Å². The number of aryl methyl sites for hydroxylation is 1. The van der Waals surface area contributed by atoms with Crippen molar-refractivity contribution < 1.29 is 14.6 Å². The summed E-state index contributed by atoms with van der Waals surface area (Å²) in [7, 11) is 0. The average molecular weight is 274 g/mol. The second kappa shape index (κ2) is 6.46. The van der Waals surface area contributed by atoms with Gasteiger partial charge in [-0.3, -0.25) is 4.68 Å². The Morgan fingerprint density at radius 2 is 2.15 bits per heavy atom. The van der Waals surface area contributed by atoms with E-state index in [1.54, 1.807) is 17.1 Å². The monoisotopic (exact) mass is 274 g/mol. The van der Waals surface area contributed by atoms with E-state index in [9.17, 15) is 4.79 Å². The van der Waals surface area contributed by atoms with Crippen molar-refractivity contribution >= 4 is 12.0 Å². The molecule has 2 heterocycles. The van der Waals surface area contributed by atoms with Gasteiger partial charge >= 0.3 is 12.0 Å². The van der Waals surface area contributed by atoms with E-state index >= 15 is 0 Å². The molecular weight excluding hydrogens is 260 g/mol. The fourth-order valence-electron chi connectivity index (χ4n) is 1.49. The maximum atomic E-state index is 10.4. The lowest BCUT2D eigenvalue weighted by Crippen LogP contribution is -1.95. The van der Waals surface area contributed by atoms with Crippen LogP contribution in [0.3, 0.4) is 0 Å². The highest BCUT2D eigenvalue weighted by molar-refractivity contribution is 5.85. The van der Waals surface area contributed by atoms with Gasteiger partial charge in [0.1, 0.15) is 0 Å². The molecule has 0 saturated heterocycles. The number of carboxylic acids is 1.